The van der Waals surface area contributed by atoms with Crippen LogP contribution in [0.4, 0.5) is 0 Å². The van der Waals surface area contributed by atoms with Crippen LogP contribution in [0, 0.1) is 11.8 Å². The lowest BCUT2D eigenvalue weighted by Crippen LogP contribution is -2.11. The molecule has 2 aliphatic rings. The Balaban J connectivity index is 2.21. The Hall–Kier alpha value is 0.440. The molecule has 0 aromatic heterocycles. The van der Waals surface area contributed by atoms with Gasteiger partial charge >= 0.3 is 0 Å². The van der Waals surface area contributed by atoms with E-state index in [4.69, 9.17) is 0 Å². The summed E-state index contributed by atoms with van der Waals surface area (Å²) in [5, 5.41) is 0. The molecule has 0 radical (unpaired) electrons. The van der Waals surface area contributed by atoms with Crippen LogP contribution in [0.15, 0.2) is 9.81 Å². The summed E-state index contributed by atoms with van der Waals surface area (Å²) in [5.41, 5.74) is 0. The van der Waals surface area contributed by atoms with Gasteiger partial charge in [0.1, 0.15) is 0 Å². The molecule has 0 bridgehead atoms. The zero-order valence-corrected chi connectivity index (χ0v) is 13.0. The molecule has 0 nitrogen and oxygen atoms in total. The lowest BCUT2D eigenvalue weighted by Gasteiger charge is -2.28. The monoisotopic (exact) mass is 270 g/mol. The van der Waals surface area contributed by atoms with E-state index >= 15 is 0 Å². The molecule has 2 heteroatoms. The van der Waals surface area contributed by atoms with Crippen LogP contribution in [0.5, 0.6) is 0 Å². The standard InChI is InChI=1S/C15H26S2/c1-3-7-13-9-6-4-5-8-12(2)14-15(13)17-11-10-16-14/h12-13H,3-11H2,1-2H3. The van der Waals surface area contributed by atoms with Gasteiger partial charge in [0.2, 0.25) is 0 Å². The Labute approximate surface area is 115 Å². The number of hydrogen-bond donors (Lipinski definition) is 0. The van der Waals surface area contributed by atoms with Crippen molar-refractivity contribution in [1.82, 2.24) is 0 Å². The number of rotatable bonds is 2. The summed E-state index contributed by atoms with van der Waals surface area (Å²) in [4.78, 5) is 3.58. The van der Waals surface area contributed by atoms with Gasteiger partial charge in [-0.25, -0.2) is 0 Å². The van der Waals surface area contributed by atoms with Crippen LogP contribution in [0.3, 0.4) is 0 Å². The van der Waals surface area contributed by atoms with E-state index in [2.05, 4.69) is 37.4 Å². The highest BCUT2D eigenvalue weighted by molar-refractivity contribution is 8.10. The maximum Gasteiger partial charge on any atom is 0.00716 e. The van der Waals surface area contributed by atoms with E-state index in [1.807, 2.05) is 0 Å². The van der Waals surface area contributed by atoms with Gasteiger partial charge in [-0.1, -0.05) is 39.5 Å². The van der Waals surface area contributed by atoms with E-state index in [0.29, 0.717) is 0 Å². The van der Waals surface area contributed by atoms with Crippen molar-refractivity contribution in [3.63, 3.8) is 0 Å². The topological polar surface area (TPSA) is 0 Å². The fraction of sp³-hybridized carbons (Fsp3) is 0.867. The first-order valence-corrected chi connectivity index (χ1v) is 9.29. The third-order valence-electron chi connectivity index (χ3n) is 3.99. The van der Waals surface area contributed by atoms with Gasteiger partial charge < -0.3 is 0 Å². The molecule has 2 rings (SSSR count). The van der Waals surface area contributed by atoms with Crippen LogP contribution in [-0.2, 0) is 0 Å². The zero-order valence-electron chi connectivity index (χ0n) is 11.3. The highest BCUT2D eigenvalue weighted by atomic mass is 32.2. The normalized spacial score (nSPS) is 31.4. The maximum atomic E-state index is 2.46. The molecule has 1 heterocycles. The maximum absolute atomic E-state index is 2.46. The third kappa shape index (κ3) is 3.70. The summed E-state index contributed by atoms with van der Waals surface area (Å²) in [6.45, 7) is 4.81. The summed E-state index contributed by atoms with van der Waals surface area (Å²) in [6, 6.07) is 0. The van der Waals surface area contributed by atoms with Gasteiger partial charge in [-0.15, -0.1) is 23.5 Å². The van der Waals surface area contributed by atoms with Crippen molar-refractivity contribution >= 4 is 23.5 Å². The molecule has 2 atom stereocenters. The third-order valence-corrected chi connectivity index (χ3v) is 6.99. The van der Waals surface area contributed by atoms with E-state index in [9.17, 15) is 0 Å². The molecule has 0 N–H and O–H groups in total. The first kappa shape index (κ1) is 13.9. The molecule has 0 saturated heterocycles. The predicted molar refractivity (Wildman–Crippen MR) is 82.6 cm³/mol. The van der Waals surface area contributed by atoms with Gasteiger partial charge in [0.05, 0.1) is 0 Å². The minimum absolute atomic E-state index is 0.834. The average Bonchev–Trinajstić information content (AvgIpc) is 2.43. The minimum Gasteiger partial charge on any atom is -0.129 e. The van der Waals surface area contributed by atoms with Crippen LogP contribution in [0.25, 0.3) is 0 Å². The second-order valence-corrected chi connectivity index (χ2v) is 7.72. The minimum atomic E-state index is 0.834. The molecule has 0 saturated carbocycles. The molecular weight excluding hydrogens is 244 g/mol. The first-order chi connectivity index (χ1) is 8.33. The number of hydrogen-bond acceptors (Lipinski definition) is 2. The molecule has 0 amide bonds. The molecule has 1 aliphatic carbocycles. The quantitative estimate of drug-likeness (QED) is 0.632. The summed E-state index contributed by atoms with van der Waals surface area (Å²) in [6.07, 6.45) is 10.0. The Morgan fingerprint density at radius 3 is 2.47 bits per heavy atom. The molecule has 2 unspecified atom stereocenters. The Morgan fingerprint density at radius 1 is 1.00 bits per heavy atom. The summed E-state index contributed by atoms with van der Waals surface area (Å²) in [5.74, 6) is 4.41. The zero-order chi connectivity index (χ0) is 12.1. The fourth-order valence-electron chi connectivity index (χ4n) is 3.05. The van der Waals surface area contributed by atoms with Crippen molar-refractivity contribution in [3.05, 3.63) is 9.81 Å². The Morgan fingerprint density at radius 2 is 1.71 bits per heavy atom. The van der Waals surface area contributed by atoms with E-state index in [0.717, 1.165) is 11.8 Å². The van der Waals surface area contributed by atoms with Crippen LogP contribution in [-0.4, -0.2) is 11.5 Å². The average molecular weight is 271 g/mol. The van der Waals surface area contributed by atoms with Gasteiger partial charge in [0.25, 0.3) is 0 Å². The van der Waals surface area contributed by atoms with Crippen LogP contribution >= 0.6 is 23.5 Å². The molecule has 0 fully saturated rings. The summed E-state index contributed by atoms with van der Waals surface area (Å²) < 4.78 is 0. The second-order valence-electron chi connectivity index (χ2n) is 5.45. The molecule has 0 aromatic carbocycles. The lowest BCUT2D eigenvalue weighted by atomic mass is 9.96. The fourth-order valence-corrected chi connectivity index (χ4v) is 6.04. The Kier molecular flexibility index (Phi) is 5.82. The Bertz CT molecular complexity index is 270. The van der Waals surface area contributed by atoms with Gasteiger partial charge in [0, 0.05) is 11.5 Å². The van der Waals surface area contributed by atoms with Crippen molar-refractivity contribution in [3.8, 4) is 0 Å². The van der Waals surface area contributed by atoms with Crippen molar-refractivity contribution in [2.75, 3.05) is 11.5 Å². The van der Waals surface area contributed by atoms with E-state index < -0.39 is 0 Å². The number of thioether (sulfide) groups is 2. The van der Waals surface area contributed by atoms with Crippen LogP contribution in [0.2, 0.25) is 0 Å². The van der Waals surface area contributed by atoms with Gasteiger partial charge in [0.15, 0.2) is 0 Å². The lowest BCUT2D eigenvalue weighted by molar-refractivity contribution is 0.492. The van der Waals surface area contributed by atoms with Gasteiger partial charge in [-0.3, -0.25) is 0 Å². The van der Waals surface area contributed by atoms with E-state index in [1.54, 1.807) is 9.81 Å². The molecular formula is C15H26S2. The first-order valence-electron chi connectivity index (χ1n) is 7.32. The highest BCUT2D eigenvalue weighted by Crippen LogP contribution is 2.46. The van der Waals surface area contributed by atoms with Crippen molar-refractivity contribution < 1.29 is 0 Å². The smallest absolute Gasteiger partial charge is 0.00716 e. The second kappa shape index (κ2) is 7.13. The molecule has 1 aliphatic heterocycles. The molecule has 0 spiro atoms. The van der Waals surface area contributed by atoms with E-state index in [1.165, 1.54) is 56.5 Å². The van der Waals surface area contributed by atoms with Crippen molar-refractivity contribution in [2.24, 2.45) is 11.8 Å². The van der Waals surface area contributed by atoms with Crippen molar-refractivity contribution in [2.45, 2.75) is 58.8 Å². The van der Waals surface area contributed by atoms with Gasteiger partial charge in [-0.05, 0) is 40.9 Å². The summed E-state index contributed by atoms with van der Waals surface area (Å²) in [7, 11) is 0. The molecule has 17 heavy (non-hydrogen) atoms. The highest BCUT2D eigenvalue weighted by Gasteiger charge is 2.25. The van der Waals surface area contributed by atoms with Crippen molar-refractivity contribution in [1.29, 1.82) is 0 Å². The van der Waals surface area contributed by atoms with Crippen LogP contribution < -0.4 is 0 Å². The SMILES string of the molecule is CCCC1CCCCCC(C)C2=C1SCCS2. The van der Waals surface area contributed by atoms with Crippen LogP contribution in [0.1, 0.15) is 58.8 Å². The van der Waals surface area contributed by atoms with Gasteiger partial charge in [-0.2, -0.15) is 0 Å². The van der Waals surface area contributed by atoms with E-state index in [-0.39, 0.29) is 0 Å². The predicted octanol–water partition coefficient (Wildman–Crippen LogP) is 5.69. The largest absolute Gasteiger partial charge is 0.129 e. The number of allylic oxidation sites excluding steroid dienone is 2. The molecule has 98 valence electrons. The summed E-state index contributed by atoms with van der Waals surface area (Å²) >= 11 is 4.37. The molecule has 0 aromatic rings.